The lowest BCUT2D eigenvalue weighted by Gasteiger charge is -2.27. The van der Waals surface area contributed by atoms with Gasteiger partial charge in [0.1, 0.15) is 0 Å². The van der Waals surface area contributed by atoms with Gasteiger partial charge >= 0.3 is 0 Å². The molecular weight excluding hydrogens is 395 g/mol. The molecule has 7 heteroatoms. The summed E-state index contributed by atoms with van der Waals surface area (Å²) in [5, 5.41) is 9.34. The number of carbonyl (C=O) groups is 1. The van der Waals surface area contributed by atoms with Gasteiger partial charge in [-0.25, -0.2) is 0 Å². The first-order valence-corrected chi connectivity index (χ1v) is 7.70. The summed E-state index contributed by atoms with van der Waals surface area (Å²) in [6.07, 6.45) is 2.16. The molecule has 1 unspecified atom stereocenters. The topological polar surface area (TPSA) is 74.8 Å². The highest BCUT2D eigenvalue weighted by Crippen LogP contribution is 2.23. The van der Waals surface area contributed by atoms with E-state index in [0.717, 1.165) is 19.4 Å². The van der Waals surface area contributed by atoms with Gasteiger partial charge in [-0.05, 0) is 40.5 Å². The van der Waals surface area contributed by atoms with E-state index in [2.05, 4.69) is 27.9 Å². The van der Waals surface area contributed by atoms with E-state index in [0.29, 0.717) is 25.6 Å². The summed E-state index contributed by atoms with van der Waals surface area (Å²) < 4.78 is 5.74. The number of nitrogens with one attached hydrogen (secondary N) is 3. The number of halogens is 1. The lowest BCUT2D eigenvalue weighted by atomic mass is 9.92. The average molecular weight is 426 g/mol. The van der Waals surface area contributed by atoms with Gasteiger partial charge in [-0.15, -0.1) is 24.0 Å². The van der Waals surface area contributed by atoms with Crippen molar-refractivity contribution in [2.45, 2.75) is 46.1 Å². The predicted octanol–water partition coefficient (Wildman–Crippen LogP) is 1.50. The van der Waals surface area contributed by atoms with Gasteiger partial charge in [-0.2, -0.15) is 0 Å². The molecule has 0 aromatic rings. The highest BCUT2D eigenvalue weighted by Gasteiger charge is 2.30. The summed E-state index contributed by atoms with van der Waals surface area (Å²) in [4.78, 5) is 16.1. The van der Waals surface area contributed by atoms with Gasteiger partial charge in [0.25, 0.3) is 0 Å². The number of hydrogen-bond donors (Lipinski definition) is 3. The van der Waals surface area contributed by atoms with Gasteiger partial charge in [0.2, 0.25) is 5.91 Å². The first-order chi connectivity index (χ1) is 9.83. The molecule has 0 aromatic carbocycles. The van der Waals surface area contributed by atoms with Crippen LogP contribution in [0.4, 0.5) is 0 Å². The molecular formula is C15H31IN4O2. The maximum absolute atomic E-state index is 12.0. The van der Waals surface area contributed by atoms with Crippen LogP contribution in [0.15, 0.2) is 4.99 Å². The molecule has 6 nitrogen and oxygen atoms in total. The van der Waals surface area contributed by atoms with Crippen LogP contribution in [0.1, 0.15) is 40.5 Å². The Kier molecular flexibility index (Phi) is 9.30. The fourth-order valence-corrected chi connectivity index (χ4v) is 2.25. The van der Waals surface area contributed by atoms with Crippen LogP contribution in [0.3, 0.4) is 0 Å². The van der Waals surface area contributed by atoms with Gasteiger partial charge in [0.15, 0.2) is 5.96 Å². The fourth-order valence-electron chi connectivity index (χ4n) is 2.25. The normalized spacial score (nSPS) is 22.0. The van der Waals surface area contributed by atoms with Crippen LogP contribution in [0.2, 0.25) is 0 Å². The van der Waals surface area contributed by atoms with Crippen LogP contribution in [0, 0.1) is 5.41 Å². The smallest absolute Gasteiger partial charge is 0.227 e. The lowest BCUT2D eigenvalue weighted by molar-refractivity contribution is -0.128. The molecule has 0 aromatic heterocycles. The second-order valence-corrected chi connectivity index (χ2v) is 6.42. The third kappa shape index (κ3) is 6.68. The van der Waals surface area contributed by atoms with Crippen molar-refractivity contribution >= 4 is 35.8 Å². The number of guanidine groups is 1. The van der Waals surface area contributed by atoms with Crippen molar-refractivity contribution in [1.82, 2.24) is 16.0 Å². The molecule has 1 aliphatic rings. The Morgan fingerprint density at radius 3 is 2.50 bits per heavy atom. The Hall–Kier alpha value is -0.570. The van der Waals surface area contributed by atoms with Crippen LogP contribution in [0.5, 0.6) is 0 Å². The van der Waals surface area contributed by atoms with E-state index < -0.39 is 5.41 Å². The Balaban J connectivity index is 0.00000441. The van der Waals surface area contributed by atoms with Gasteiger partial charge in [-0.1, -0.05) is 0 Å². The molecule has 1 atom stereocenters. The highest BCUT2D eigenvalue weighted by atomic mass is 127. The van der Waals surface area contributed by atoms with E-state index in [1.54, 1.807) is 7.05 Å². The average Bonchev–Trinajstić information content (AvgIpc) is 2.86. The zero-order valence-corrected chi connectivity index (χ0v) is 16.7. The van der Waals surface area contributed by atoms with Crippen LogP contribution in [-0.2, 0) is 9.53 Å². The molecule has 0 spiro atoms. The van der Waals surface area contributed by atoms with Crippen molar-refractivity contribution < 1.29 is 9.53 Å². The molecule has 1 rings (SSSR count). The third-order valence-electron chi connectivity index (χ3n) is 3.80. The first kappa shape index (κ1) is 21.4. The van der Waals surface area contributed by atoms with E-state index >= 15 is 0 Å². The van der Waals surface area contributed by atoms with Crippen LogP contribution < -0.4 is 16.0 Å². The summed E-state index contributed by atoms with van der Waals surface area (Å²) in [7, 11) is 1.73. The Labute approximate surface area is 151 Å². The quantitative estimate of drug-likeness (QED) is 0.342. The van der Waals surface area contributed by atoms with E-state index in [1.165, 1.54) is 0 Å². The molecule has 0 saturated carbocycles. The summed E-state index contributed by atoms with van der Waals surface area (Å²) in [5.74, 6) is 0.739. The standard InChI is InChI=1S/C15H30N4O2.HI/c1-6-17-12(20)14(2,3)10-18-13(16-5)19-11-15(4)8-7-9-21-15;/h6-11H2,1-5H3,(H,17,20)(H2,16,18,19);1H. The Morgan fingerprint density at radius 1 is 1.32 bits per heavy atom. The minimum atomic E-state index is -0.485. The number of hydrogen-bond acceptors (Lipinski definition) is 3. The Bertz CT molecular complexity index is 380. The maximum Gasteiger partial charge on any atom is 0.227 e. The number of amides is 1. The van der Waals surface area contributed by atoms with Gasteiger partial charge in [-0.3, -0.25) is 9.79 Å². The number of ether oxygens (including phenoxy) is 1. The minimum absolute atomic E-state index is 0. The molecule has 0 radical (unpaired) electrons. The molecule has 1 fully saturated rings. The monoisotopic (exact) mass is 426 g/mol. The van der Waals surface area contributed by atoms with Crippen molar-refractivity contribution in [2.75, 3.05) is 33.3 Å². The summed E-state index contributed by atoms with van der Waals surface area (Å²) in [6.45, 7) is 10.6. The fraction of sp³-hybridized carbons (Fsp3) is 0.867. The van der Waals surface area contributed by atoms with Crippen molar-refractivity contribution in [3.05, 3.63) is 0 Å². The van der Waals surface area contributed by atoms with Crippen molar-refractivity contribution in [1.29, 1.82) is 0 Å². The molecule has 1 aliphatic heterocycles. The molecule has 3 N–H and O–H groups in total. The van der Waals surface area contributed by atoms with Crippen LogP contribution in [-0.4, -0.2) is 50.8 Å². The summed E-state index contributed by atoms with van der Waals surface area (Å²) in [5.41, 5.74) is -0.603. The van der Waals surface area contributed by atoms with Gasteiger partial charge < -0.3 is 20.7 Å². The van der Waals surface area contributed by atoms with Crippen molar-refractivity contribution in [3.63, 3.8) is 0 Å². The van der Waals surface area contributed by atoms with Gasteiger partial charge in [0, 0.05) is 33.3 Å². The van der Waals surface area contributed by atoms with Gasteiger partial charge in [0.05, 0.1) is 11.0 Å². The number of carbonyl (C=O) groups excluding carboxylic acids is 1. The molecule has 1 amide bonds. The second kappa shape index (κ2) is 9.54. The molecule has 1 saturated heterocycles. The number of aliphatic imine (C=N–C) groups is 1. The number of rotatable bonds is 6. The van der Waals surface area contributed by atoms with E-state index in [4.69, 9.17) is 4.74 Å². The highest BCUT2D eigenvalue weighted by molar-refractivity contribution is 14.0. The van der Waals surface area contributed by atoms with Crippen molar-refractivity contribution in [2.24, 2.45) is 10.4 Å². The van der Waals surface area contributed by atoms with Crippen LogP contribution in [0.25, 0.3) is 0 Å². The second-order valence-electron chi connectivity index (χ2n) is 6.42. The zero-order valence-electron chi connectivity index (χ0n) is 14.4. The van der Waals surface area contributed by atoms with E-state index in [9.17, 15) is 4.79 Å². The number of nitrogens with zero attached hydrogens (tertiary/aromatic N) is 1. The third-order valence-corrected chi connectivity index (χ3v) is 3.80. The largest absolute Gasteiger partial charge is 0.373 e. The minimum Gasteiger partial charge on any atom is -0.373 e. The zero-order chi connectivity index (χ0) is 15.9. The van der Waals surface area contributed by atoms with E-state index in [-0.39, 0.29) is 35.5 Å². The molecule has 130 valence electrons. The van der Waals surface area contributed by atoms with Crippen LogP contribution >= 0.6 is 24.0 Å². The molecule has 1 heterocycles. The Morgan fingerprint density at radius 2 is 2.00 bits per heavy atom. The SMILES string of the molecule is CCNC(=O)C(C)(C)CNC(=NC)NCC1(C)CCCO1.I. The van der Waals surface area contributed by atoms with E-state index in [1.807, 2.05) is 20.8 Å². The summed E-state index contributed by atoms with van der Waals surface area (Å²) >= 11 is 0. The predicted molar refractivity (Wildman–Crippen MR) is 101 cm³/mol. The molecule has 0 aliphatic carbocycles. The lowest BCUT2D eigenvalue weighted by Crippen LogP contribution is -2.50. The van der Waals surface area contributed by atoms with Crippen molar-refractivity contribution in [3.8, 4) is 0 Å². The first-order valence-electron chi connectivity index (χ1n) is 7.70. The molecule has 0 bridgehead atoms. The summed E-state index contributed by atoms with van der Waals surface area (Å²) in [6, 6.07) is 0. The molecule has 22 heavy (non-hydrogen) atoms. The maximum atomic E-state index is 12.0.